The highest BCUT2D eigenvalue weighted by Crippen LogP contribution is 2.30. The topological polar surface area (TPSA) is 30.0 Å². The van der Waals surface area contributed by atoms with Gasteiger partial charge in [-0.1, -0.05) is 35.3 Å². The molecule has 0 aliphatic carbocycles. The van der Waals surface area contributed by atoms with E-state index in [1.54, 1.807) is 36.7 Å². The Bertz CT molecular complexity index is 528. The van der Waals surface area contributed by atoms with Gasteiger partial charge in [0.15, 0.2) is 0 Å². The van der Waals surface area contributed by atoms with Crippen molar-refractivity contribution in [1.29, 1.82) is 0 Å². The van der Waals surface area contributed by atoms with Crippen LogP contribution in [0.1, 0.15) is 17.0 Å². The van der Waals surface area contributed by atoms with Crippen molar-refractivity contribution in [2.45, 2.75) is 5.92 Å². The van der Waals surface area contributed by atoms with Crippen LogP contribution >= 0.6 is 23.2 Å². The zero-order valence-electron chi connectivity index (χ0n) is 8.81. The molecule has 86 valence electrons. The Labute approximate surface area is 109 Å². The number of aromatic nitrogens is 1. The predicted octanol–water partition coefficient (Wildman–Crippen LogP) is 3.72. The second-order valence-corrected chi connectivity index (χ2v) is 4.41. The third-order valence-electron chi connectivity index (χ3n) is 2.48. The highest BCUT2D eigenvalue weighted by molar-refractivity contribution is 6.35. The lowest BCUT2D eigenvalue weighted by Gasteiger charge is -2.12. The van der Waals surface area contributed by atoms with E-state index < -0.39 is 5.92 Å². The SMILES string of the molecule is O=CC(c1cccnc1)c1ccc(Cl)cc1Cl. The molecule has 2 aromatic rings. The van der Waals surface area contributed by atoms with Crippen LogP contribution in [0.25, 0.3) is 0 Å². The first-order valence-electron chi connectivity index (χ1n) is 5.02. The number of hydrogen-bond donors (Lipinski definition) is 0. The highest BCUT2D eigenvalue weighted by atomic mass is 35.5. The van der Waals surface area contributed by atoms with Crippen LogP contribution < -0.4 is 0 Å². The number of hydrogen-bond acceptors (Lipinski definition) is 2. The Morgan fingerprint density at radius 2 is 2.06 bits per heavy atom. The van der Waals surface area contributed by atoms with Gasteiger partial charge in [0, 0.05) is 22.4 Å². The van der Waals surface area contributed by atoms with Crippen LogP contribution in [-0.2, 0) is 4.79 Å². The maximum absolute atomic E-state index is 11.2. The summed E-state index contributed by atoms with van der Waals surface area (Å²) in [5.41, 5.74) is 1.55. The molecule has 1 aromatic carbocycles. The molecule has 0 bridgehead atoms. The molecule has 2 rings (SSSR count). The Morgan fingerprint density at radius 3 is 2.65 bits per heavy atom. The first-order valence-corrected chi connectivity index (χ1v) is 5.78. The van der Waals surface area contributed by atoms with Crippen LogP contribution in [0.15, 0.2) is 42.7 Å². The average molecular weight is 266 g/mol. The van der Waals surface area contributed by atoms with Crippen LogP contribution in [-0.4, -0.2) is 11.3 Å². The number of nitrogens with zero attached hydrogens (tertiary/aromatic N) is 1. The van der Waals surface area contributed by atoms with Gasteiger partial charge in [0.1, 0.15) is 6.29 Å². The van der Waals surface area contributed by atoms with Gasteiger partial charge in [0.2, 0.25) is 0 Å². The summed E-state index contributed by atoms with van der Waals surface area (Å²) in [7, 11) is 0. The summed E-state index contributed by atoms with van der Waals surface area (Å²) in [5.74, 6) is -0.409. The van der Waals surface area contributed by atoms with Gasteiger partial charge in [-0.2, -0.15) is 0 Å². The van der Waals surface area contributed by atoms with E-state index in [0.29, 0.717) is 10.0 Å². The molecule has 17 heavy (non-hydrogen) atoms. The fourth-order valence-electron chi connectivity index (χ4n) is 1.65. The minimum Gasteiger partial charge on any atom is -0.302 e. The Hall–Kier alpha value is -1.38. The molecule has 0 radical (unpaired) electrons. The van der Waals surface area contributed by atoms with E-state index in [2.05, 4.69) is 4.98 Å². The van der Waals surface area contributed by atoms with E-state index in [0.717, 1.165) is 17.4 Å². The summed E-state index contributed by atoms with van der Waals surface area (Å²) < 4.78 is 0. The third-order valence-corrected chi connectivity index (χ3v) is 3.04. The molecule has 1 heterocycles. The minimum atomic E-state index is -0.409. The summed E-state index contributed by atoms with van der Waals surface area (Å²) in [6.07, 6.45) is 4.17. The maximum Gasteiger partial charge on any atom is 0.131 e. The van der Waals surface area contributed by atoms with E-state index in [-0.39, 0.29) is 0 Å². The van der Waals surface area contributed by atoms with Crippen LogP contribution in [0, 0.1) is 0 Å². The summed E-state index contributed by atoms with van der Waals surface area (Å²) in [6.45, 7) is 0. The van der Waals surface area contributed by atoms with Gasteiger partial charge in [0.25, 0.3) is 0 Å². The summed E-state index contributed by atoms with van der Waals surface area (Å²) >= 11 is 11.9. The average Bonchev–Trinajstić information content (AvgIpc) is 2.34. The Morgan fingerprint density at radius 1 is 1.24 bits per heavy atom. The molecule has 0 fully saturated rings. The first kappa shape index (κ1) is 12.1. The lowest BCUT2D eigenvalue weighted by molar-refractivity contribution is -0.108. The molecule has 0 saturated carbocycles. The van der Waals surface area contributed by atoms with Gasteiger partial charge in [-0.3, -0.25) is 4.98 Å². The summed E-state index contributed by atoms with van der Waals surface area (Å²) in [5, 5.41) is 1.04. The number of rotatable bonds is 3. The van der Waals surface area contributed by atoms with Gasteiger partial charge in [-0.05, 0) is 29.3 Å². The molecule has 0 aliphatic rings. The molecule has 0 amide bonds. The zero-order valence-corrected chi connectivity index (χ0v) is 10.3. The number of benzene rings is 1. The number of halogens is 2. The van der Waals surface area contributed by atoms with E-state index in [9.17, 15) is 4.79 Å². The largest absolute Gasteiger partial charge is 0.302 e. The van der Waals surface area contributed by atoms with Crippen molar-refractivity contribution in [3.05, 3.63) is 63.9 Å². The number of carbonyl (C=O) groups is 1. The fourth-order valence-corrected chi connectivity index (χ4v) is 2.17. The standard InChI is InChI=1S/C13H9Cl2NO/c14-10-3-4-11(13(15)6-10)12(8-17)9-2-1-5-16-7-9/h1-8,12H. The summed E-state index contributed by atoms with van der Waals surface area (Å²) in [4.78, 5) is 15.2. The van der Waals surface area contributed by atoms with Crippen molar-refractivity contribution in [2.24, 2.45) is 0 Å². The number of pyridine rings is 1. The van der Waals surface area contributed by atoms with Crippen LogP contribution in [0.5, 0.6) is 0 Å². The highest BCUT2D eigenvalue weighted by Gasteiger charge is 2.16. The van der Waals surface area contributed by atoms with Crippen molar-refractivity contribution in [2.75, 3.05) is 0 Å². The molecular formula is C13H9Cl2NO. The number of carbonyl (C=O) groups excluding carboxylic acids is 1. The predicted molar refractivity (Wildman–Crippen MR) is 68.6 cm³/mol. The van der Waals surface area contributed by atoms with Crippen molar-refractivity contribution < 1.29 is 4.79 Å². The van der Waals surface area contributed by atoms with E-state index in [1.807, 2.05) is 6.07 Å². The molecule has 0 spiro atoms. The van der Waals surface area contributed by atoms with Gasteiger partial charge < -0.3 is 4.79 Å². The van der Waals surface area contributed by atoms with Gasteiger partial charge in [-0.25, -0.2) is 0 Å². The normalized spacial score (nSPS) is 12.1. The van der Waals surface area contributed by atoms with Crippen molar-refractivity contribution in [3.8, 4) is 0 Å². The van der Waals surface area contributed by atoms with Crippen molar-refractivity contribution in [3.63, 3.8) is 0 Å². The van der Waals surface area contributed by atoms with Gasteiger partial charge >= 0.3 is 0 Å². The van der Waals surface area contributed by atoms with Crippen LogP contribution in [0.3, 0.4) is 0 Å². The molecule has 1 atom stereocenters. The monoisotopic (exact) mass is 265 g/mol. The third kappa shape index (κ3) is 2.65. The molecule has 1 aromatic heterocycles. The van der Waals surface area contributed by atoms with Gasteiger partial charge in [-0.15, -0.1) is 0 Å². The molecule has 0 saturated heterocycles. The molecule has 0 aliphatic heterocycles. The van der Waals surface area contributed by atoms with Crippen molar-refractivity contribution >= 4 is 29.5 Å². The second kappa shape index (κ2) is 5.30. The lowest BCUT2D eigenvalue weighted by atomic mass is 9.94. The Balaban J connectivity index is 2.46. The van der Waals surface area contributed by atoms with Crippen LogP contribution in [0.2, 0.25) is 10.0 Å². The van der Waals surface area contributed by atoms with Gasteiger partial charge in [0.05, 0.1) is 5.92 Å². The first-order chi connectivity index (χ1) is 8.22. The number of aldehydes is 1. The summed E-state index contributed by atoms with van der Waals surface area (Å²) in [6, 6.07) is 8.74. The van der Waals surface area contributed by atoms with E-state index in [1.165, 1.54) is 0 Å². The van der Waals surface area contributed by atoms with Crippen LogP contribution in [0.4, 0.5) is 0 Å². The molecule has 0 N–H and O–H groups in total. The lowest BCUT2D eigenvalue weighted by Crippen LogP contribution is -2.03. The van der Waals surface area contributed by atoms with Crippen molar-refractivity contribution in [1.82, 2.24) is 4.98 Å². The second-order valence-electron chi connectivity index (χ2n) is 3.57. The molecule has 1 unspecified atom stereocenters. The Kier molecular flexibility index (Phi) is 3.77. The van der Waals surface area contributed by atoms with E-state index >= 15 is 0 Å². The maximum atomic E-state index is 11.2. The zero-order chi connectivity index (χ0) is 12.3. The van der Waals surface area contributed by atoms with E-state index in [4.69, 9.17) is 23.2 Å². The smallest absolute Gasteiger partial charge is 0.131 e. The molecule has 2 nitrogen and oxygen atoms in total. The molecule has 4 heteroatoms. The molecular weight excluding hydrogens is 257 g/mol. The quantitative estimate of drug-likeness (QED) is 0.792. The fraction of sp³-hybridized carbons (Fsp3) is 0.0769. The minimum absolute atomic E-state index is 0.409.